The van der Waals surface area contributed by atoms with Crippen LogP contribution in [0.3, 0.4) is 0 Å². The lowest BCUT2D eigenvalue weighted by molar-refractivity contribution is -0.257. The number of imide groups is 1. The van der Waals surface area contributed by atoms with Crippen LogP contribution in [0.1, 0.15) is 54.0 Å². The average Bonchev–Trinajstić information content (AvgIpc) is 3.56. The van der Waals surface area contributed by atoms with Crippen LogP contribution >= 0.6 is 0 Å². The maximum Gasteiger partial charge on any atom is 0.262 e. The molecule has 4 saturated heterocycles. The zero-order chi connectivity index (χ0) is 30.4. The Morgan fingerprint density at radius 2 is 1.37 bits per heavy atom. The average molecular weight is 595 g/mol. The van der Waals surface area contributed by atoms with Crippen molar-refractivity contribution in [2.75, 3.05) is 14.2 Å². The van der Waals surface area contributed by atoms with E-state index >= 15 is 0 Å². The standard InChI is InChI=1S/C31H34N2O10/c1-30(2)40-23-22(39-29-25(24(23)41-30)42-31(3,4)43-29)20-21(33-26(34)17-9-7-8-10-18(17)27(33)35)28(36)32(20)14-15-11-12-16(37-5)13-19(15)38-6/h7-13,20-25,29H,14H2,1-6H3/t20?,21?,22?,23?,24?,25-,29-/m0/s1. The summed E-state index contributed by atoms with van der Waals surface area (Å²) in [5, 5.41) is 0. The summed E-state index contributed by atoms with van der Waals surface area (Å²) in [7, 11) is 3.09. The molecule has 2 aromatic rings. The second kappa shape index (κ2) is 9.73. The highest BCUT2D eigenvalue weighted by molar-refractivity contribution is 6.23. The summed E-state index contributed by atoms with van der Waals surface area (Å²) in [6, 6.07) is 9.95. The Balaban J connectivity index is 1.29. The number of methoxy groups -OCH3 is 2. The molecule has 2 aromatic carbocycles. The minimum absolute atomic E-state index is 0.120. The number of nitrogens with zero attached hydrogens (tertiary/aromatic N) is 2. The number of carbonyl (C=O) groups is 3. The van der Waals surface area contributed by atoms with Gasteiger partial charge in [-0.05, 0) is 52.0 Å². The number of carbonyl (C=O) groups excluding carboxylic acids is 3. The van der Waals surface area contributed by atoms with Crippen LogP contribution in [0.5, 0.6) is 11.5 Å². The number of hydrogen-bond acceptors (Lipinski definition) is 10. The zero-order valence-corrected chi connectivity index (χ0v) is 24.8. The van der Waals surface area contributed by atoms with Gasteiger partial charge in [0, 0.05) is 18.2 Å². The van der Waals surface area contributed by atoms with Crippen molar-refractivity contribution in [3.8, 4) is 11.5 Å². The monoisotopic (exact) mass is 594 g/mol. The van der Waals surface area contributed by atoms with Crippen LogP contribution in [0.2, 0.25) is 0 Å². The van der Waals surface area contributed by atoms with Crippen LogP contribution in [0.15, 0.2) is 42.5 Å². The molecule has 7 atom stereocenters. The molecule has 5 heterocycles. The van der Waals surface area contributed by atoms with Crippen molar-refractivity contribution < 1.29 is 47.5 Å². The number of rotatable bonds is 6. The van der Waals surface area contributed by atoms with Crippen molar-refractivity contribution in [2.45, 2.75) is 88.6 Å². The molecule has 0 spiro atoms. The van der Waals surface area contributed by atoms with Gasteiger partial charge in [0.25, 0.3) is 11.8 Å². The number of amides is 3. The lowest BCUT2D eigenvalue weighted by Gasteiger charge is -2.55. The largest absolute Gasteiger partial charge is 0.497 e. The van der Waals surface area contributed by atoms with Crippen LogP contribution in [-0.2, 0) is 35.0 Å². The molecule has 0 radical (unpaired) electrons. The molecule has 4 fully saturated rings. The summed E-state index contributed by atoms with van der Waals surface area (Å²) < 4.78 is 42.5. The Hall–Kier alpha value is -3.55. The molecule has 5 aliphatic heterocycles. The van der Waals surface area contributed by atoms with Gasteiger partial charge in [-0.1, -0.05) is 12.1 Å². The smallest absolute Gasteiger partial charge is 0.262 e. The van der Waals surface area contributed by atoms with Crippen LogP contribution in [0, 0.1) is 0 Å². The predicted molar refractivity (Wildman–Crippen MR) is 147 cm³/mol. The van der Waals surface area contributed by atoms with Gasteiger partial charge in [-0.15, -0.1) is 0 Å². The van der Waals surface area contributed by atoms with Crippen molar-refractivity contribution in [3.63, 3.8) is 0 Å². The Bertz CT molecular complexity index is 1470. The molecular weight excluding hydrogens is 560 g/mol. The number of likely N-dealkylation sites (tertiary alicyclic amines) is 1. The van der Waals surface area contributed by atoms with Gasteiger partial charge in [-0.3, -0.25) is 19.3 Å². The molecule has 43 heavy (non-hydrogen) atoms. The summed E-state index contributed by atoms with van der Waals surface area (Å²) in [4.78, 5) is 43.9. The van der Waals surface area contributed by atoms with E-state index in [0.29, 0.717) is 17.1 Å². The SMILES string of the molecule is COc1ccc(CN2C(=O)C(N3C(=O)c4ccccc4C3=O)C2C2O[C@H]3OC(C)(C)O[C@H]3C3OC(C)(C)OC23)c(OC)c1. The second-order valence-electron chi connectivity index (χ2n) is 12.2. The summed E-state index contributed by atoms with van der Waals surface area (Å²) in [5.74, 6) is -2.26. The number of benzene rings is 2. The van der Waals surface area contributed by atoms with E-state index in [9.17, 15) is 14.4 Å². The summed E-state index contributed by atoms with van der Waals surface area (Å²) in [6.07, 6.45) is -3.51. The van der Waals surface area contributed by atoms with Crippen LogP contribution in [0.4, 0.5) is 0 Å². The maximum atomic E-state index is 14.1. The van der Waals surface area contributed by atoms with Crippen molar-refractivity contribution in [1.82, 2.24) is 9.80 Å². The number of β-lactam (4-membered cyclic amide) rings is 1. The predicted octanol–water partition coefficient (Wildman–Crippen LogP) is 2.48. The third-order valence-corrected chi connectivity index (χ3v) is 8.69. The van der Waals surface area contributed by atoms with E-state index < -0.39 is 72.1 Å². The third-order valence-electron chi connectivity index (χ3n) is 8.69. The van der Waals surface area contributed by atoms with E-state index in [1.165, 1.54) is 7.11 Å². The summed E-state index contributed by atoms with van der Waals surface area (Å²) >= 11 is 0. The quantitative estimate of drug-likeness (QED) is 0.364. The number of ether oxygens (including phenoxy) is 7. The number of hydrogen-bond donors (Lipinski definition) is 0. The molecule has 5 unspecified atom stereocenters. The van der Waals surface area contributed by atoms with E-state index in [1.807, 2.05) is 6.07 Å². The van der Waals surface area contributed by atoms with Gasteiger partial charge in [-0.25, -0.2) is 0 Å². The van der Waals surface area contributed by atoms with Gasteiger partial charge in [-0.2, -0.15) is 0 Å². The van der Waals surface area contributed by atoms with Crippen LogP contribution in [-0.4, -0.2) is 96.1 Å². The van der Waals surface area contributed by atoms with E-state index in [4.69, 9.17) is 33.2 Å². The summed E-state index contributed by atoms with van der Waals surface area (Å²) in [5.41, 5.74) is 1.22. The van der Waals surface area contributed by atoms with Gasteiger partial charge in [0.1, 0.15) is 42.0 Å². The van der Waals surface area contributed by atoms with Gasteiger partial charge in [0.15, 0.2) is 17.9 Å². The fraction of sp³-hybridized carbons (Fsp3) is 0.516. The van der Waals surface area contributed by atoms with E-state index in [-0.39, 0.29) is 17.7 Å². The maximum absolute atomic E-state index is 14.1. The van der Waals surface area contributed by atoms with E-state index in [2.05, 4.69) is 0 Å². The Labute approximate surface area is 248 Å². The number of fused-ring (bicyclic) bond motifs is 4. The topological polar surface area (TPSA) is 122 Å². The minimum Gasteiger partial charge on any atom is -0.497 e. The normalized spacial score (nSPS) is 33.6. The molecular formula is C31H34N2O10. The van der Waals surface area contributed by atoms with Gasteiger partial charge < -0.3 is 38.1 Å². The molecule has 12 heteroatoms. The molecule has 0 bridgehead atoms. The summed E-state index contributed by atoms with van der Waals surface area (Å²) in [6.45, 7) is 7.29. The molecule has 12 nitrogen and oxygen atoms in total. The molecule has 7 rings (SSSR count). The highest BCUT2D eigenvalue weighted by atomic mass is 16.9. The Kier molecular flexibility index (Phi) is 6.39. The molecule has 0 aromatic heterocycles. The Morgan fingerprint density at radius 1 is 0.767 bits per heavy atom. The van der Waals surface area contributed by atoms with E-state index in [1.54, 1.807) is 76.1 Å². The molecule has 5 aliphatic rings. The fourth-order valence-corrected chi connectivity index (χ4v) is 6.90. The second-order valence-corrected chi connectivity index (χ2v) is 12.2. The minimum atomic E-state index is -1.14. The third kappa shape index (κ3) is 4.34. The first-order valence-corrected chi connectivity index (χ1v) is 14.3. The Morgan fingerprint density at radius 3 is 2.00 bits per heavy atom. The highest BCUT2D eigenvalue weighted by Gasteiger charge is 2.67. The fourth-order valence-electron chi connectivity index (χ4n) is 6.90. The lowest BCUT2D eigenvalue weighted by atomic mass is 9.82. The van der Waals surface area contributed by atoms with Gasteiger partial charge >= 0.3 is 0 Å². The van der Waals surface area contributed by atoms with Crippen molar-refractivity contribution in [2.24, 2.45) is 0 Å². The van der Waals surface area contributed by atoms with Crippen molar-refractivity contribution >= 4 is 17.7 Å². The lowest BCUT2D eigenvalue weighted by Crippen LogP contribution is -2.78. The van der Waals surface area contributed by atoms with Crippen molar-refractivity contribution in [1.29, 1.82) is 0 Å². The first-order valence-electron chi connectivity index (χ1n) is 14.3. The highest BCUT2D eigenvalue weighted by Crippen LogP contribution is 2.48. The van der Waals surface area contributed by atoms with Crippen LogP contribution < -0.4 is 9.47 Å². The van der Waals surface area contributed by atoms with Crippen LogP contribution in [0.25, 0.3) is 0 Å². The van der Waals surface area contributed by atoms with Gasteiger partial charge in [0.2, 0.25) is 5.91 Å². The molecule has 228 valence electrons. The van der Waals surface area contributed by atoms with Gasteiger partial charge in [0.05, 0.1) is 31.4 Å². The zero-order valence-electron chi connectivity index (χ0n) is 24.8. The molecule has 0 saturated carbocycles. The van der Waals surface area contributed by atoms with Crippen molar-refractivity contribution in [3.05, 3.63) is 59.2 Å². The molecule has 0 aliphatic carbocycles. The first-order chi connectivity index (χ1) is 20.4. The molecule has 0 N–H and O–H groups in total. The molecule has 3 amide bonds. The van der Waals surface area contributed by atoms with E-state index in [0.717, 1.165) is 4.90 Å². The first kappa shape index (κ1) is 28.2.